The predicted molar refractivity (Wildman–Crippen MR) is 34.7 cm³/mol. The number of hydrogen-bond donors (Lipinski definition) is 1. The maximum absolute atomic E-state index is 9.95. The average Bonchev–Trinajstić information content (AvgIpc) is 1.87. The van der Waals surface area contributed by atoms with Gasteiger partial charge in [-0.3, -0.25) is 4.79 Å². The second-order valence-corrected chi connectivity index (χ2v) is 1.82. The molecule has 60 valence electrons. The van der Waals surface area contributed by atoms with Gasteiger partial charge in [-0.2, -0.15) is 0 Å². The second-order valence-electron chi connectivity index (χ2n) is 1.82. The minimum absolute atomic E-state index is 0.0215. The Kier molecular flexibility index (Phi) is 4.88. The molecule has 0 aromatic heterocycles. The number of carboxylic acid groups (broad SMARTS) is 1. The lowest BCUT2D eigenvalue weighted by molar-refractivity contribution is -0.143. The van der Waals surface area contributed by atoms with E-state index >= 15 is 0 Å². The topological polar surface area (TPSA) is 55.8 Å². The van der Waals surface area contributed by atoms with Gasteiger partial charge in [0.05, 0.1) is 13.0 Å². The minimum atomic E-state index is -0.858. The Balaban J connectivity index is 3.11. The van der Waals surface area contributed by atoms with Crippen molar-refractivity contribution in [2.45, 2.75) is 19.6 Å². The van der Waals surface area contributed by atoms with E-state index < -0.39 is 5.97 Å². The molecule has 1 atom stereocenters. The fourth-order valence-corrected chi connectivity index (χ4v) is 0.380. The highest BCUT2D eigenvalue weighted by molar-refractivity contribution is 5.66. The normalized spacial score (nSPS) is 13.0. The van der Waals surface area contributed by atoms with Crippen LogP contribution < -0.4 is 0 Å². The Labute approximate surface area is 59.7 Å². The molecule has 0 aromatic rings. The van der Waals surface area contributed by atoms with E-state index in [9.17, 15) is 4.79 Å². The second kappa shape index (κ2) is 5.20. The standard InChI is InChI=1S/C6H12O4/c1-5(9-2)10-4-3-6(7)8/h5H,3-4H2,1-2H3,(H,7,8)/t5-/m0/s1. The molecule has 0 saturated heterocycles. The molecule has 4 nitrogen and oxygen atoms in total. The summed E-state index contributed by atoms with van der Waals surface area (Å²) in [5.41, 5.74) is 0. The fourth-order valence-electron chi connectivity index (χ4n) is 0.380. The van der Waals surface area contributed by atoms with Crippen LogP contribution in [0.4, 0.5) is 0 Å². The molecular weight excluding hydrogens is 136 g/mol. The van der Waals surface area contributed by atoms with Crippen LogP contribution in [0.2, 0.25) is 0 Å². The van der Waals surface area contributed by atoms with E-state index in [1.165, 1.54) is 7.11 Å². The van der Waals surface area contributed by atoms with Crippen molar-refractivity contribution in [3.8, 4) is 0 Å². The maximum atomic E-state index is 9.95. The lowest BCUT2D eigenvalue weighted by Gasteiger charge is -2.08. The van der Waals surface area contributed by atoms with E-state index in [4.69, 9.17) is 14.6 Å². The van der Waals surface area contributed by atoms with Crippen molar-refractivity contribution in [1.82, 2.24) is 0 Å². The number of carbonyl (C=O) groups is 1. The highest BCUT2D eigenvalue weighted by atomic mass is 16.7. The zero-order valence-electron chi connectivity index (χ0n) is 6.16. The maximum Gasteiger partial charge on any atom is 0.305 e. The Morgan fingerprint density at radius 1 is 1.70 bits per heavy atom. The summed E-state index contributed by atoms with van der Waals surface area (Å²) in [6.07, 6.45) is -0.299. The molecule has 0 aliphatic heterocycles. The Morgan fingerprint density at radius 3 is 2.70 bits per heavy atom. The molecule has 0 amide bonds. The molecule has 0 aliphatic carbocycles. The first-order valence-electron chi connectivity index (χ1n) is 3.03. The lowest BCUT2D eigenvalue weighted by atomic mass is 10.5. The Morgan fingerprint density at radius 2 is 2.30 bits per heavy atom. The Bertz CT molecular complexity index is 102. The van der Waals surface area contributed by atoms with E-state index in [2.05, 4.69) is 0 Å². The summed E-state index contributed by atoms with van der Waals surface area (Å²) < 4.78 is 9.62. The van der Waals surface area contributed by atoms with Crippen molar-refractivity contribution in [2.24, 2.45) is 0 Å². The SMILES string of the molecule is CO[C@H](C)OCCC(=O)O. The smallest absolute Gasteiger partial charge is 0.305 e. The molecule has 0 heterocycles. The number of aliphatic carboxylic acids is 1. The molecule has 4 heteroatoms. The summed E-state index contributed by atoms with van der Waals surface area (Å²) in [6, 6.07) is 0. The predicted octanol–water partition coefficient (Wildman–Crippen LogP) is 0.470. The monoisotopic (exact) mass is 148 g/mol. The van der Waals surface area contributed by atoms with Gasteiger partial charge in [-0.15, -0.1) is 0 Å². The lowest BCUT2D eigenvalue weighted by Crippen LogP contribution is -2.13. The van der Waals surface area contributed by atoms with Crippen molar-refractivity contribution in [2.75, 3.05) is 13.7 Å². The molecule has 0 unspecified atom stereocenters. The average molecular weight is 148 g/mol. The van der Waals surface area contributed by atoms with Gasteiger partial charge in [-0.25, -0.2) is 0 Å². The summed E-state index contributed by atoms with van der Waals surface area (Å²) in [4.78, 5) is 9.95. The molecule has 0 radical (unpaired) electrons. The Hall–Kier alpha value is -0.610. The summed E-state index contributed by atoms with van der Waals surface area (Å²) in [5.74, 6) is -0.858. The molecular formula is C6H12O4. The molecule has 0 aliphatic rings. The van der Waals surface area contributed by atoms with Gasteiger partial charge in [-0.05, 0) is 6.92 Å². The number of methoxy groups -OCH3 is 1. The molecule has 0 aromatic carbocycles. The van der Waals surface area contributed by atoms with E-state index in [0.717, 1.165) is 0 Å². The first-order chi connectivity index (χ1) is 4.66. The van der Waals surface area contributed by atoms with Crippen LogP contribution >= 0.6 is 0 Å². The summed E-state index contributed by atoms with van der Waals surface area (Å²) in [7, 11) is 1.51. The van der Waals surface area contributed by atoms with Crippen LogP contribution in [0.1, 0.15) is 13.3 Å². The van der Waals surface area contributed by atoms with Crippen molar-refractivity contribution >= 4 is 5.97 Å². The van der Waals surface area contributed by atoms with Gasteiger partial charge in [0.25, 0.3) is 0 Å². The summed E-state index contributed by atoms with van der Waals surface area (Å²) in [5, 5.41) is 8.18. The molecule has 1 N–H and O–H groups in total. The van der Waals surface area contributed by atoms with Crippen LogP contribution in [0.15, 0.2) is 0 Å². The number of ether oxygens (including phenoxy) is 2. The van der Waals surface area contributed by atoms with Crippen molar-refractivity contribution < 1.29 is 19.4 Å². The van der Waals surface area contributed by atoms with Gasteiger partial charge in [0, 0.05) is 7.11 Å². The van der Waals surface area contributed by atoms with Crippen LogP contribution in [-0.4, -0.2) is 31.1 Å². The highest BCUT2D eigenvalue weighted by Crippen LogP contribution is 1.91. The van der Waals surface area contributed by atoms with E-state index in [-0.39, 0.29) is 19.3 Å². The van der Waals surface area contributed by atoms with Gasteiger partial charge >= 0.3 is 5.97 Å². The van der Waals surface area contributed by atoms with Crippen LogP contribution in [0, 0.1) is 0 Å². The number of carboxylic acids is 1. The van der Waals surface area contributed by atoms with Crippen LogP contribution in [0.3, 0.4) is 0 Å². The number of rotatable bonds is 5. The molecule has 0 spiro atoms. The third-order valence-corrected chi connectivity index (χ3v) is 1.00. The van der Waals surface area contributed by atoms with Crippen molar-refractivity contribution in [3.05, 3.63) is 0 Å². The third-order valence-electron chi connectivity index (χ3n) is 1.00. The van der Waals surface area contributed by atoms with E-state index in [0.29, 0.717) is 0 Å². The minimum Gasteiger partial charge on any atom is -0.481 e. The molecule has 0 rings (SSSR count). The fraction of sp³-hybridized carbons (Fsp3) is 0.833. The highest BCUT2D eigenvalue weighted by Gasteiger charge is 2.00. The zero-order chi connectivity index (χ0) is 7.98. The zero-order valence-corrected chi connectivity index (χ0v) is 6.16. The van der Waals surface area contributed by atoms with Gasteiger partial charge in [0.15, 0.2) is 6.29 Å². The van der Waals surface area contributed by atoms with Gasteiger partial charge in [-0.1, -0.05) is 0 Å². The third kappa shape index (κ3) is 5.53. The summed E-state index contributed by atoms with van der Waals surface area (Å²) in [6.45, 7) is 1.91. The van der Waals surface area contributed by atoms with E-state index in [1.807, 2.05) is 0 Å². The largest absolute Gasteiger partial charge is 0.481 e. The molecule has 10 heavy (non-hydrogen) atoms. The van der Waals surface area contributed by atoms with Gasteiger partial charge in [0.1, 0.15) is 0 Å². The first kappa shape index (κ1) is 9.39. The van der Waals surface area contributed by atoms with Crippen molar-refractivity contribution in [3.63, 3.8) is 0 Å². The van der Waals surface area contributed by atoms with Crippen LogP contribution in [0.5, 0.6) is 0 Å². The number of hydrogen-bond acceptors (Lipinski definition) is 3. The molecule has 0 saturated carbocycles. The quantitative estimate of drug-likeness (QED) is 0.576. The van der Waals surface area contributed by atoms with Gasteiger partial charge in [0.2, 0.25) is 0 Å². The molecule has 0 bridgehead atoms. The van der Waals surface area contributed by atoms with Crippen LogP contribution in [0.25, 0.3) is 0 Å². The first-order valence-corrected chi connectivity index (χ1v) is 3.03. The summed E-state index contributed by atoms with van der Waals surface area (Å²) >= 11 is 0. The van der Waals surface area contributed by atoms with E-state index in [1.54, 1.807) is 6.92 Å². The van der Waals surface area contributed by atoms with Crippen molar-refractivity contribution in [1.29, 1.82) is 0 Å². The van der Waals surface area contributed by atoms with Gasteiger partial charge < -0.3 is 14.6 Å². The molecule has 0 fully saturated rings. The van der Waals surface area contributed by atoms with Crippen LogP contribution in [-0.2, 0) is 14.3 Å².